The zero-order valence-corrected chi connectivity index (χ0v) is 17.4. The predicted octanol–water partition coefficient (Wildman–Crippen LogP) is 3.97. The van der Waals surface area contributed by atoms with Gasteiger partial charge in [-0.25, -0.2) is 8.42 Å². The molecule has 0 aromatic heterocycles. The van der Waals surface area contributed by atoms with Gasteiger partial charge in [0.05, 0.1) is 23.5 Å². The van der Waals surface area contributed by atoms with E-state index in [1.165, 1.54) is 6.07 Å². The molecule has 1 atom stereocenters. The molecule has 2 rings (SSSR count). The molecular formula is C20H23F3N2O3S. The number of nitrogens with one attached hydrogen (secondary N) is 1. The monoisotopic (exact) mass is 428 g/mol. The number of anilines is 1. The zero-order valence-electron chi connectivity index (χ0n) is 16.5. The van der Waals surface area contributed by atoms with Crippen molar-refractivity contribution < 1.29 is 26.4 Å². The fourth-order valence-corrected chi connectivity index (χ4v) is 3.89. The van der Waals surface area contributed by atoms with E-state index >= 15 is 0 Å². The first kappa shape index (κ1) is 22.7. The summed E-state index contributed by atoms with van der Waals surface area (Å²) in [7, 11) is -3.98. The van der Waals surface area contributed by atoms with Crippen LogP contribution in [-0.4, -0.2) is 27.1 Å². The Morgan fingerprint density at radius 1 is 1.14 bits per heavy atom. The molecule has 0 aliphatic heterocycles. The van der Waals surface area contributed by atoms with Crippen LogP contribution in [-0.2, 0) is 21.0 Å². The molecule has 2 aromatic carbocycles. The van der Waals surface area contributed by atoms with Crippen molar-refractivity contribution in [2.24, 2.45) is 0 Å². The standard InChI is InChI=1S/C20H23F3N2O3S/c1-13-8-9-18(14(2)10-13)15(3)24-19(26)12-25(29(4,27)28)17-7-5-6-16(11-17)20(21,22)23/h5-11,15H,12H2,1-4H3,(H,24,26)/t15-/m0/s1. The van der Waals surface area contributed by atoms with E-state index in [1.807, 2.05) is 32.0 Å². The number of hydrogen-bond acceptors (Lipinski definition) is 3. The Labute approximate surface area is 168 Å². The SMILES string of the molecule is Cc1ccc([C@H](C)NC(=O)CN(c2cccc(C(F)(F)F)c2)S(C)(=O)=O)c(C)c1. The minimum Gasteiger partial charge on any atom is -0.348 e. The Kier molecular flexibility index (Phi) is 6.62. The van der Waals surface area contributed by atoms with Crippen LogP contribution in [0.4, 0.5) is 18.9 Å². The fraction of sp³-hybridized carbons (Fsp3) is 0.350. The van der Waals surface area contributed by atoms with Crippen molar-refractivity contribution in [2.75, 3.05) is 17.1 Å². The topological polar surface area (TPSA) is 66.5 Å². The summed E-state index contributed by atoms with van der Waals surface area (Å²) < 4.78 is 63.8. The first-order valence-electron chi connectivity index (χ1n) is 8.80. The highest BCUT2D eigenvalue weighted by Crippen LogP contribution is 2.32. The lowest BCUT2D eigenvalue weighted by molar-refractivity contribution is -0.137. The summed E-state index contributed by atoms with van der Waals surface area (Å²) in [6.45, 7) is 4.97. The highest BCUT2D eigenvalue weighted by molar-refractivity contribution is 7.92. The maximum atomic E-state index is 13.0. The second kappa shape index (κ2) is 8.44. The molecule has 0 saturated heterocycles. The van der Waals surface area contributed by atoms with Crippen LogP contribution < -0.4 is 9.62 Å². The van der Waals surface area contributed by atoms with Crippen molar-refractivity contribution in [1.82, 2.24) is 5.32 Å². The number of aryl methyl sites for hydroxylation is 2. The molecule has 2 aromatic rings. The number of alkyl halides is 3. The van der Waals surface area contributed by atoms with Crippen LogP contribution in [0.15, 0.2) is 42.5 Å². The Balaban J connectivity index is 2.24. The number of rotatable bonds is 6. The molecule has 0 bridgehead atoms. The van der Waals surface area contributed by atoms with E-state index in [4.69, 9.17) is 0 Å². The van der Waals surface area contributed by atoms with E-state index in [1.54, 1.807) is 6.92 Å². The van der Waals surface area contributed by atoms with Crippen molar-refractivity contribution >= 4 is 21.6 Å². The third-order valence-electron chi connectivity index (χ3n) is 4.42. The van der Waals surface area contributed by atoms with Gasteiger partial charge in [-0.05, 0) is 50.1 Å². The maximum Gasteiger partial charge on any atom is 0.416 e. The van der Waals surface area contributed by atoms with Gasteiger partial charge in [-0.3, -0.25) is 9.10 Å². The lowest BCUT2D eigenvalue weighted by atomic mass is 10.0. The Morgan fingerprint density at radius 2 is 1.79 bits per heavy atom. The number of nitrogens with zero attached hydrogens (tertiary/aromatic N) is 1. The van der Waals surface area contributed by atoms with Crippen LogP contribution in [0.3, 0.4) is 0 Å². The summed E-state index contributed by atoms with van der Waals surface area (Å²) in [5.74, 6) is -0.625. The molecule has 29 heavy (non-hydrogen) atoms. The summed E-state index contributed by atoms with van der Waals surface area (Å²) in [5.41, 5.74) is 1.69. The molecule has 5 nitrogen and oxygen atoms in total. The van der Waals surface area contributed by atoms with E-state index in [9.17, 15) is 26.4 Å². The third kappa shape index (κ3) is 5.96. The van der Waals surface area contributed by atoms with E-state index in [0.717, 1.165) is 35.1 Å². The van der Waals surface area contributed by atoms with Gasteiger partial charge in [0.25, 0.3) is 0 Å². The molecule has 0 radical (unpaired) electrons. The third-order valence-corrected chi connectivity index (χ3v) is 5.56. The number of amides is 1. The van der Waals surface area contributed by atoms with Gasteiger partial charge >= 0.3 is 6.18 Å². The number of halogens is 3. The van der Waals surface area contributed by atoms with Gasteiger partial charge in [-0.1, -0.05) is 29.8 Å². The lowest BCUT2D eigenvalue weighted by Gasteiger charge is -2.24. The molecule has 0 saturated carbocycles. The van der Waals surface area contributed by atoms with Gasteiger partial charge in [-0.15, -0.1) is 0 Å². The molecule has 0 aliphatic carbocycles. The van der Waals surface area contributed by atoms with Crippen LogP contribution >= 0.6 is 0 Å². The lowest BCUT2D eigenvalue weighted by Crippen LogP contribution is -2.41. The Morgan fingerprint density at radius 3 is 2.34 bits per heavy atom. The average molecular weight is 428 g/mol. The summed E-state index contributed by atoms with van der Waals surface area (Å²) >= 11 is 0. The Hall–Kier alpha value is -2.55. The molecule has 9 heteroatoms. The summed E-state index contributed by atoms with van der Waals surface area (Å²) in [4.78, 5) is 12.5. The van der Waals surface area contributed by atoms with Crippen molar-refractivity contribution in [1.29, 1.82) is 0 Å². The molecule has 0 spiro atoms. The first-order valence-corrected chi connectivity index (χ1v) is 10.7. The van der Waals surface area contributed by atoms with Crippen LogP contribution in [0.2, 0.25) is 0 Å². The molecule has 1 N–H and O–H groups in total. The van der Waals surface area contributed by atoms with E-state index in [2.05, 4.69) is 5.32 Å². The number of carbonyl (C=O) groups is 1. The van der Waals surface area contributed by atoms with Crippen molar-refractivity contribution in [3.05, 3.63) is 64.7 Å². The quantitative estimate of drug-likeness (QED) is 0.757. The van der Waals surface area contributed by atoms with Crippen LogP contribution in [0.1, 0.15) is 35.2 Å². The summed E-state index contributed by atoms with van der Waals surface area (Å²) in [5, 5.41) is 2.71. The first-order chi connectivity index (χ1) is 13.3. The van der Waals surface area contributed by atoms with Gasteiger partial charge in [0.2, 0.25) is 15.9 Å². The minimum absolute atomic E-state index is 0.225. The van der Waals surface area contributed by atoms with Crippen molar-refractivity contribution in [3.63, 3.8) is 0 Å². The minimum atomic E-state index is -4.63. The highest BCUT2D eigenvalue weighted by Gasteiger charge is 2.32. The van der Waals surface area contributed by atoms with Gasteiger partial charge in [0, 0.05) is 0 Å². The van der Waals surface area contributed by atoms with E-state index in [0.29, 0.717) is 10.4 Å². The fourth-order valence-electron chi connectivity index (χ4n) is 3.04. The number of sulfonamides is 1. The smallest absolute Gasteiger partial charge is 0.348 e. The number of hydrogen-bond donors (Lipinski definition) is 1. The van der Waals surface area contributed by atoms with Crippen molar-refractivity contribution in [3.8, 4) is 0 Å². The number of benzene rings is 2. The zero-order chi connectivity index (χ0) is 22.0. The molecular weight excluding hydrogens is 405 g/mol. The molecule has 1 amide bonds. The largest absolute Gasteiger partial charge is 0.416 e. The highest BCUT2D eigenvalue weighted by atomic mass is 32.2. The molecule has 0 aliphatic rings. The van der Waals surface area contributed by atoms with E-state index < -0.39 is 40.3 Å². The van der Waals surface area contributed by atoms with Gasteiger partial charge < -0.3 is 5.32 Å². The van der Waals surface area contributed by atoms with Crippen molar-refractivity contribution in [2.45, 2.75) is 33.0 Å². The molecule has 158 valence electrons. The normalized spacial score (nSPS) is 13.1. The average Bonchev–Trinajstić information content (AvgIpc) is 2.58. The van der Waals surface area contributed by atoms with Crippen LogP contribution in [0.25, 0.3) is 0 Å². The van der Waals surface area contributed by atoms with Gasteiger partial charge in [0.1, 0.15) is 6.54 Å². The summed E-state index contributed by atoms with van der Waals surface area (Å²) in [6, 6.07) is 9.21. The number of carbonyl (C=O) groups excluding carboxylic acids is 1. The summed E-state index contributed by atoms with van der Waals surface area (Å²) in [6.07, 6.45) is -3.78. The Bertz CT molecular complexity index is 1000. The maximum absolute atomic E-state index is 13.0. The second-order valence-corrected chi connectivity index (χ2v) is 8.87. The van der Waals surface area contributed by atoms with E-state index in [-0.39, 0.29) is 5.69 Å². The molecule has 0 heterocycles. The second-order valence-electron chi connectivity index (χ2n) is 6.97. The van der Waals surface area contributed by atoms with Crippen LogP contribution in [0, 0.1) is 13.8 Å². The van der Waals surface area contributed by atoms with Crippen LogP contribution in [0.5, 0.6) is 0 Å². The molecule has 0 unspecified atom stereocenters. The van der Waals surface area contributed by atoms with Gasteiger partial charge in [0.15, 0.2) is 0 Å². The van der Waals surface area contributed by atoms with Gasteiger partial charge in [-0.2, -0.15) is 13.2 Å². The molecule has 0 fully saturated rings. The predicted molar refractivity (Wildman–Crippen MR) is 106 cm³/mol.